The summed E-state index contributed by atoms with van der Waals surface area (Å²) in [5.41, 5.74) is 10.0. The molecule has 0 fully saturated rings. The highest BCUT2D eigenvalue weighted by Gasteiger charge is 2.22. The van der Waals surface area contributed by atoms with Crippen molar-refractivity contribution in [2.75, 3.05) is 0 Å². The Labute approximate surface area is 126 Å². The van der Waals surface area contributed by atoms with Crippen molar-refractivity contribution in [2.24, 2.45) is 5.73 Å². The molecule has 21 heavy (non-hydrogen) atoms. The lowest BCUT2D eigenvalue weighted by atomic mass is 9.83. The zero-order chi connectivity index (χ0) is 14.7. The number of hydrogen-bond acceptors (Lipinski definition) is 3. The maximum absolute atomic E-state index is 6.04. The fraction of sp³-hybridized carbons (Fsp3) is 0.444. The van der Waals surface area contributed by atoms with Crippen molar-refractivity contribution in [3.05, 3.63) is 59.2 Å². The molecule has 0 saturated heterocycles. The van der Waals surface area contributed by atoms with Crippen molar-refractivity contribution in [2.45, 2.75) is 51.0 Å². The minimum atomic E-state index is 0.194. The smallest absolute Gasteiger partial charge is 0.131 e. The third-order valence-corrected chi connectivity index (χ3v) is 4.44. The second-order valence-electron chi connectivity index (χ2n) is 5.99. The fourth-order valence-corrected chi connectivity index (χ4v) is 3.05. The van der Waals surface area contributed by atoms with Gasteiger partial charge in [0.2, 0.25) is 0 Å². The van der Waals surface area contributed by atoms with E-state index in [1.54, 1.807) is 0 Å². The molecule has 2 atom stereocenters. The molecule has 1 heterocycles. The lowest BCUT2D eigenvalue weighted by molar-refractivity contribution is 0.548. The summed E-state index contributed by atoms with van der Waals surface area (Å²) < 4.78 is 0. The maximum Gasteiger partial charge on any atom is 0.131 e. The highest BCUT2D eigenvalue weighted by atomic mass is 14.9. The van der Waals surface area contributed by atoms with Crippen LogP contribution in [-0.4, -0.2) is 16.0 Å². The summed E-state index contributed by atoms with van der Waals surface area (Å²) >= 11 is 0. The number of hydrogen-bond donors (Lipinski definition) is 1. The van der Waals surface area contributed by atoms with Gasteiger partial charge in [-0.3, -0.25) is 0 Å². The van der Waals surface area contributed by atoms with Gasteiger partial charge < -0.3 is 5.73 Å². The van der Waals surface area contributed by atoms with Gasteiger partial charge in [-0.1, -0.05) is 31.2 Å². The van der Waals surface area contributed by atoms with Crippen molar-refractivity contribution in [1.29, 1.82) is 0 Å². The van der Waals surface area contributed by atoms with E-state index in [1.807, 2.05) is 12.3 Å². The van der Waals surface area contributed by atoms with Gasteiger partial charge in [0, 0.05) is 30.3 Å². The van der Waals surface area contributed by atoms with E-state index < -0.39 is 0 Å². The molecular weight excluding hydrogens is 258 g/mol. The van der Waals surface area contributed by atoms with E-state index in [4.69, 9.17) is 10.7 Å². The summed E-state index contributed by atoms with van der Waals surface area (Å²) in [7, 11) is 0. The Balaban J connectivity index is 1.77. The minimum absolute atomic E-state index is 0.194. The van der Waals surface area contributed by atoms with Gasteiger partial charge in [0.1, 0.15) is 5.82 Å². The van der Waals surface area contributed by atoms with Crippen LogP contribution in [0.3, 0.4) is 0 Å². The molecule has 3 nitrogen and oxygen atoms in total. The number of fused-ring (bicyclic) bond motifs is 1. The van der Waals surface area contributed by atoms with Crippen molar-refractivity contribution in [3.63, 3.8) is 0 Å². The van der Waals surface area contributed by atoms with Crippen molar-refractivity contribution >= 4 is 0 Å². The normalized spacial score (nSPS) is 19.0. The molecule has 0 bridgehead atoms. The van der Waals surface area contributed by atoms with Gasteiger partial charge in [0.25, 0.3) is 0 Å². The Bertz CT molecular complexity index is 609. The summed E-state index contributed by atoms with van der Waals surface area (Å²) in [5.74, 6) is 1.43. The van der Waals surface area contributed by atoms with Crippen LogP contribution in [0.15, 0.2) is 36.5 Å². The zero-order valence-corrected chi connectivity index (χ0v) is 12.6. The van der Waals surface area contributed by atoms with Crippen LogP contribution in [0.25, 0.3) is 0 Å². The summed E-state index contributed by atoms with van der Waals surface area (Å²) in [6.45, 7) is 2.12. The van der Waals surface area contributed by atoms with Gasteiger partial charge in [-0.25, -0.2) is 9.97 Å². The molecule has 3 rings (SSSR count). The summed E-state index contributed by atoms with van der Waals surface area (Å²) in [4.78, 5) is 9.28. The lowest BCUT2D eigenvalue weighted by Crippen LogP contribution is -2.23. The van der Waals surface area contributed by atoms with E-state index in [0.717, 1.165) is 43.6 Å². The van der Waals surface area contributed by atoms with Gasteiger partial charge in [-0.05, 0) is 42.9 Å². The van der Waals surface area contributed by atoms with E-state index >= 15 is 0 Å². The molecule has 0 saturated carbocycles. The Morgan fingerprint density at radius 3 is 2.86 bits per heavy atom. The molecule has 110 valence electrons. The molecule has 0 spiro atoms. The molecule has 2 aromatic rings. The number of nitrogens with zero attached hydrogens (tertiary/aromatic N) is 2. The van der Waals surface area contributed by atoms with Gasteiger partial charge >= 0.3 is 0 Å². The SMILES string of the molecule is CCC(N)Cc1ccnc(C2CCc3ccccc3C2)n1. The zero-order valence-electron chi connectivity index (χ0n) is 12.6. The van der Waals surface area contributed by atoms with Crippen LogP contribution in [0.1, 0.15) is 48.3 Å². The van der Waals surface area contributed by atoms with Gasteiger partial charge in [-0.2, -0.15) is 0 Å². The van der Waals surface area contributed by atoms with Crippen LogP contribution in [0.5, 0.6) is 0 Å². The highest BCUT2D eigenvalue weighted by molar-refractivity contribution is 5.31. The van der Waals surface area contributed by atoms with Gasteiger partial charge in [0.05, 0.1) is 0 Å². The Hall–Kier alpha value is -1.74. The van der Waals surface area contributed by atoms with Crippen molar-refractivity contribution < 1.29 is 0 Å². The molecule has 0 radical (unpaired) electrons. The average molecular weight is 281 g/mol. The van der Waals surface area contributed by atoms with Crippen LogP contribution in [0.4, 0.5) is 0 Å². The number of aromatic nitrogens is 2. The summed E-state index contributed by atoms with van der Waals surface area (Å²) in [6.07, 6.45) is 7.04. The fourth-order valence-electron chi connectivity index (χ4n) is 3.05. The highest BCUT2D eigenvalue weighted by Crippen LogP contribution is 2.30. The van der Waals surface area contributed by atoms with Crippen LogP contribution in [-0.2, 0) is 19.3 Å². The third-order valence-electron chi connectivity index (χ3n) is 4.44. The molecule has 0 aliphatic heterocycles. The summed E-state index contributed by atoms with van der Waals surface area (Å²) in [5, 5.41) is 0. The first-order valence-electron chi connectivity index (χ1n) is 7.90. The van der Waals surface area contributed by atoms with Crippen LogP contribution in [0.2, 0.25) is 0 Å². The van der Waals surface area contributed by atoms with Crippen LogP contribution < -0.4 is 5.73 Å². The van der Waals surface area contributed by atoms with Gasteiger partial charge in [-0.15, -0.1) is 0 Å². The quantitative estimate of drug-likeness (QED) is 0.937. The first kappa shape index (κ1) is 14.2. The van der Waals surface area contributed by atoms with E-state index in [-0.39, 0.29) is 6.04 Å². The average Bonchev–Trinajstić information content (AvgIpc) is 2.54. The van der Waals surface area contributed by atoms with E-state index in [2.05, 4.69) is 36.2 Å². The Kier molecular flexibility index (Phi) is 4.30. The largest absolute Gasteiger partial charge is 0.327 e. The number of benzene rings is 1. The monoisotopic (exact) mass is 281 g/mol. The van der Waals surface area contributed by atoms with E-state index in [1.165, 1.54) is 11.1 Å². The maximum atomic E-state index is 6.04. The predicted molar refractivity (Wildman–Crippen MR) is 85.2 cm³/mol. The van der Waals surface area contributed by atoms with E-state index in [9.17, 15) is 0 Å². The molecule has 3 heteroatoms. The number of aryl methyl sites for hydroxylation is 1. The second kappa shape index (κ2) is 6.35. The number of rotatable bonds is 4. The number of nitrogens with two attached hydrogens (primary N) is 1. The molecule has 2 N–H and O–H groups in total. The topological polar surface area (TPSA) is 51.8 Å². The third kappa shape index (κ3) is 3.30. The first-order chi connectivity index (χ1) is 10.3. The van der Waals surface area contributed by atoms with Crippen molar-refractivity contribution in [3.8, 4) is 0 Å². The molecular formula is C18H23N3. The molecule has 1 aromatic heterocycles. The minimum Gasteiger partial charge on any atom is -0.327 e. The standard InChI is InChI=1S/C18H23N3/c1-2-16(19)12-17-9-10-20-18(21-17)15-8-7-13-5-3-4-6-14(13)11-15/h3-6,9-10,15-16H,2,7-8,11-12,19H2,1H3. The van der Waals surface area contributed by atoms with E-state index in [0.29, 0.717) is 5.92 Å². The lowest BCUT2D eigenvalue weighted by Gasteiger charge is -2.23. The van der Waals surface area contributed by atoms with Crippen molar-refractivity contribution in [1.82, 2.24) is 9.97 Å². The first-order valence-corrected chi connectivity index (χ1v) is 7.90. The van der Waals surface area contributed by atoms with Crippen LogP contribution in [0, 0.1) is 0 Å². The van der Waals surface area contributed by atoms with Gasteiger partial charge in [0.15, 0.2) is 0 Å². The Morgan fingerprint density at radius 2 is 2.05 bits per heavy atom. The molecule has 1 aliphatic rings. The molecule has 2 unspecified atom stereocenters. The molecule has 1 aliphatic carbocycles. The predicted octanol–water partition coefficient (Wildman–Crippen LogP) is 3.03. The van der Waals surface area contributed by atoms with Crippen LogP contribution >= 0.6 is 0 Å². The summed E-state index contributed by atoms with van der Waals surface area (Å²) in [6, 6.07) is 10.9. The second-order valence-corrected chi connectivity index (χ2v) is 5.99. The molecule has 0 amide bonds. The molecule has 1 aromatic carbocycles. The Morgan fingerprint density at radius 1 is 1.24 bits per heavy atom.